The van der Waals surface area contributed by atoms with Crippen molar-refractivity contribution in [2.24, 2.45) is 0 Å². The standard InChI is InChI=1S/C8H12ClNO4S2/c9-6-3-16(11,12)4-7(6)10-8(15)14-2-5-1-13-5/h5-7H,1-4H2,(H,10,15)/t5-,6+,7+/m1/s1. The maximum Gasteiger partial charge on any atom is 0.257 e. The Labute approximate surface area is 104 Å². The third-order valence-corrected chi connectivity index (χ3v) is 5.00. The molecule has 2 aliphatic rings. The first-order valence-corrected chi connectivity index (χ1v) is 7.52. The lowest BCUT2D eigenvalue weighted by molar-refractivity contribution is 0.247. The van der Waals surface area contributed by atoms with E-state index >= 15 is 0 Å². The fraction of sp³-hybridized carbons (Fsp3) is 0.875. The predicted octanol–water partition coefficient (Wildman–Crippen LogP) is -0.319. The molecule has 2 saturated heterocycles. The summed E-state index contributed by atoms with van der Waals surface area (Å²) in [7, 11) is -3.04. The molecule has 0 spiro atoms. The van der Waals surface area contributed by atoms with Crippen molar-refractivity contribution in [3.05, 3.63) is 0 Å². The molecule has 8 heteroatoms. The summed E-state index contributed by atoms with van der Waals surface area (Å²) < 4.78 is 32.7. The van der Waals surface area contributed by atoms with Crippen LogP contribution in [0.2, 0.25) is 0 Å². The van der Waals surface area contributed by atoms with Gasteiger partial charge in [-0.15, -0.1) is 11.6 Å². The first kappa shape index (κ1) is 12.3. The number of epoxide rings is 1. The molecule has 0 bridgehead atoms. The van der Waals surface area contributed by atoms with E-state index in [1.165, 1.54) is 0 Å². The monoisotopic (exact) mass is 285 g/mol. The highest BCUT2D eigenvalue weighted by Crippen LogP contribution is 2.18. The number of nitrogens with one attached hydrogen (secondary N) is 1. The molecule has 1 N–H and O–H groups in total. The number of hydrogen-bond acceptors (Lipinski definition) is 5. The van der Waals surface area contributed by atoms with Crippen LogP contribution in [-0.2, 0) is 19.3 Å². The Hall–Kier alpha value is -0.110. The molecule has 92 valence electrons. The third-order valence-electron chi connectivity index (χ3n) is 2.39. The van der Waals surface area contributed by atoms with E-state index in [0.717, 1.165) is 0 Å². The molecule has 0 aromatic carbocycles. The summed E-state index contributed by atoms with van der Waals surface area (Å²) in [6, 6.07) is -0.362. The number of sulfone groups is 1. The van der Waals surface area contributed by atoms with Gasteiger partial charge in [0.05, 0.1) is 29.5 Å². The lowest BCUT2D eigenvalue weighted by Gasteiger charge is -2.16. The van der Waals surface area contributed by atoms with Gasteiger partial charge in [-0.3, -0.25) is 0 Å². The molecule has 0 amide bonds. The van der Waals surface area contributed by atoms with Crippen LogP contribution < -0.4 is 5.32 Å². The molecule has 0 aromatic rings. The van der Waals surface area contributed by atoms with Crippen molar-refractivity contribution in [3.8, 4) is 0 Å². The minimum Gasteiger partial charge on any atom is -0.468 e. The second kappa shape index (κ2) is 4.64. The zero-order valence-electron chi connectivity index (χ0n) is 8.39. The topological polar surface area (TPSA) is 67.9 Å². The molecule has 16 heavy (non-hydrogen) atoms. The predicted molar refractivity (Wildman–Crippen MR) is 63.5 cm³/mol. The van der Waals surface area contributed by atoms with Gasteiger partial charge in [-0.05, 0) is 12.2 Å². The summed E-state index contributed by atoms with van der Waals surface area (Å²) in [5.74, 6) is -0.00876. The molecule has 5 nitrogen and oxygen atoms in total. The van der Waals surface area contributed by atoms with Gasteiger partial charge in [-0.1, -0.05) is 0 Å². The van der Waals surface area contributed by atoms with Crippen LogP contribution in [0.4, 0.5) is 0 Å². The maximum atomic E-state index is 11.3. The maximum absolute atomic E-state index is 11.3. The first-order chi connectivity index (χ1) is 7.46. The van der Waals surface area contributed by atoms with Crippen LogP contribution >= 0.6 is 23.8 Å². The number of rotatable bonds is 3. The second-order valence-electron chi connectivity index (χ2n) is 3.90. The van der Waals surface area contributed by atoms with Gasteiger partial charge in [-0.2, -0.15) is 0 Å². The molecule has 2 aliphatic heterocycles. The Morgan fingerprint density at radius 2 is 2.25 bits per heavy atom. The molecule has 2 heterocycles. The van der Waals surface area contributed by atoms with Crippen LogP contribution in [0.15, 0.2) is 0 Å². The largest absolute Gasteiger partial charge is 0.468 e. The Balaban J connectivity index is 1.77. The van der Waals surface area contributed by atoms with Gasteiger partial charge in [0, 0.05) is 0 Å². The van der Waals surface area contributed by atoms with Crippen molar-refractivity contribution < 1.29 is 17.9 Å². The van der Waals surface area contributed by atoms with Crippen molar-refractivity contribution in [1.29, 1.82) is 0 Å². The highest BCUT2D eigenvalue weighted by Gasteiger charge is 2.37. The van der Waals surface area contributed by atoms with Crippen LogP contribution in [0.25, 0.3) is 0 Å². The third kappa shape index (κ3) is 3.44. The number of halogens is 1. The van der Waals surface area contributed by atoms with Gasteiger partial charge in [0.15, 0.2) is 9.84 Å². The van der Waals surface area contributed by atoms with E-state index in [1.807, 2.05) is 0 Å². The first-order valence-electron chi connectivity index (χ1n) is 4.86. The number of thiocarbonyl (C=S) groups is 1. The molecule has 3 atom stereocenters. The van der Waals surface area contributed by atoms with Gasteiger partial charge in [-0.25, -0.2) is 8.42 Å². The lowest BCUT2D eigenvalue weighted by atomic mass is 10.3. The SMILES string of the molecule is O=S1(=O)C[C@H](NC(=S)OC[C@H]2CO2)[C@@H](Cl)C1. The normalized spacial score (nSPS) is 35.7. The number of hydrogen-bond donors (Lipinski definition) is 1. The highest BCUT2D eigenvalue weighted by molar-refractivity contribution is 7.91. The molecule has 0 unspecified atom stereocenters. The van der Waals surface area contributed by atoms with Crippen LogP contribution in [0.1, 0.15) is 0 Å². The van der Waals surface area contributed by atoms with Crippen LogP contribution in [0.5, 0.6) is 0 Å². The Morgan fingerprint density at radius 1 is 1.56 bits per heavy atom. The fourth-order valence-corrected chi connectivity index (χ4v) is 4.23. The molecular weight excluding hydrogens is 274 g/mol. The average molecular weight is 286 g/mol. The Bertz CT molecular complexity index is 381. The van der Waals surface area contributed by atoms with Gasteiger partial charge in [0.25, 0.3) is 5.17 Å². The van der Waals surface area contributed by atoms with E-state index in [9.17, 15) is 8.42 Å². The van der Waals surface area contributed by atoms with Crippen molar-refractivity contribution in [2.75, 3.05) is 24.7 Å². The van der Waals surface area contributed by atoms with Gasteiger partial charge < -0.3 is 14.8 Å². The van der Waals surface area contributed by atoms with Crippen LogP contribution in [0.3, 0.4) is 0 Å². The molecule has 2 fully saturated rings. The van der Waals surface area contributed by atoms with Gasteiger partial charge in [0.1, 0.15) is 12.7 Å². The van der Waals surface area contributed by atoms with Gasteiger partial charge >= 0.3 is 0 Å². The van der Waals surface area contributed by atoms with Crippen molar-refractivity contribution in [1.82, 2.24) is 5.32 Å². The Morgan fingerprint density at radius 3 is 2.75 bits per heavy atom. The second-order valence-corrected chi connectivity index (χ2v) is 6.98. The zero-order chi connectivity index (χ0) is 11.8. The molecule has 2 rings (SSSR count). The summed E-state index contributed by atoms with van der Waals surface area (Å²) in [4.78, 5) is 0. The van der Waals surface area contributed by atoms with Crippen LogP contribution in [0, 0.1) is 0 Å². The Kier molecular flexibility index (Phi) is 3.58. The summed E-state index contributed by atoms with van der Waals surface area (Å²) in [6.07, 6.45) is 0.124. The van der Waals surface area contributed by atoms with Crippen molar-refractivity contribution >= 4 is 38.8 Å². The van der Waals surface area contributed by atoms with E-state index in [2.05, 4.69) is 5.32 Å². The highest BCUT2D eigenvalue weighted by atomic mass is 35.5. The fourth-order valence-electron chi connectivity index (χ4n) is 1.46. The average Bonchev–Trinajstić information content (AvgIpc) is 2.92. The van der Waals surface area contributed by atoms with Crippen molar-refractivity contribution in [3.63, 3.8) is 0 Å². The van der Waals surface area contributed by atoms with E-state index in [0.29, 0.717) is 13.2 Å². The number of ether oxygens (including phenoxy) is 2. The summed E-state index contributed by atoms with van der Waals surface area (Å²) in [6.45, 7) is 1.09. The molecule has 0 aromatic heterocycles. The minimum atomic E-state index is -3.04. The summed E-state index contributed by atoms with van der Waals surface area (Å²) in [5.41, 5.74) is 0. The zero-order valence-corrected chi connectivity index (χ0v) is 10.8. The quantitative estimate of drug-likeness (QED) is 0.436. The summed E-state index contributed by atoms with van der Waals surface area (Å²) >= 11 is 10.8. The summed E-state index contributed by atoms with van der Waals surface area (Å²) in [5, 5.41) is 2.54. The molecule has 0 saturated carbocycles. The van der Waals surface area contributed by atoms with Crippen LogP contribution in [-0.4, -0.2) is 55.8 Å². The van der Waals surface area contributed by atoms with E-state index < -0.39 is 15.2 Å². The van der Waals surface area contributed by atoms with E-state index in [4.69, 9.17) is 33.3 Å². The smallest absolute Gasteiger partial charge is 0.257 e. The molecule has 0 radical (unpaired) electrons. The lowest BCUT2D eigenvalue weighted by Crippen LogP contribution is -2.41. The van der Waals surface area contributed by atoms with Gasteiger partial charge in [0.2, 0.25) is 0 Å². The minimum absolute atomic E-state index is 0.00456. The molecule has 0 aliphatic carbocycles. The van der Waals surface area contributed by atoms with E-state index in [1.54, 1.807) is 0 Å². The molecular formula is C8H12ClNO4S2. The van der Waals surface area contributed by atoms with E-state index in [-0.39, 0.29) is 28.8 Å². The number of alkyl halides is 1. The van der Waals surface area contributed by atoms with Crippen molar-refractivity contribution in [2.45, 2.75) is 17.5 Å².